The summed E-state index contributed by atoms with van der Waals surface area (Å²) in [6, 6.07) is 8.17. The van der Waals surface area contributed by atoms with Crippen LogP contribution in [0.5, 0.6) is 5.75 Å². The molecule has 0 amide bonds. The highest BCUT2D eigenvalue weighted by atomic mass is 32.1. The van der Waals surface area contributed by atoms with Gasteiger partial charge >= 0.3 is 0 Å². The average Bonchev–Trinajstić information content (AvgIpc) is 3.11. The highest BCUT2D eigenvalue weighted by Gasteiger charge is 2.06. The quantitative estimate of drug-likeness (QED) is 0.394. The number of nitrogens with one attached hydrogen (secondary N) is 2. The first-order valence-electron chi connectivity index (χ1n) is 9.16. The number of aryl methyl sites for hydroxylation is 1. The first kappa shape index (κ1) is 20.2. The molecule has 0 saturated carbocycles. The van der Waals surface area contributed by atoms with Crippen molar-refractivity contribution in [2.75, 3.05) is 20.2 Å². The zero-order valence-electron chi connectivity index (χ0n) is 16.2. The van der Waals surface area contributed by atoms with E-state index in [1.807, 2.05) is 12.1 Å². The Balaban J connectivity index is 1.58. The van der Waals surface area contributed by atoms with Crippen LogP contribution in [0.3, 0.4) is 0 Å². The third-order valence-electron chi connectivity index (χ3n) is 3.94. The third-order valence-corrected chi connectivity index (χ3v) is 4.81. The van der Waals surface area contributed by atoms with Gasteiger partial charge in [-0.05, 0) is 37.8 Å². The monoisotopic (exact) mass is 374 g/mol. The van der Waals surface area contributed by atoms with Crippen LogP contribution < -0.4 is 15.4 Å². The second kappa shape index (κ2) is 10.8. The van der Waals surface area contributed by atoms with Crippen LogP contribution in [0.15, 0.2) is 34.6 Å². The first-order valence-corrected chi connectivity index (χ1v) is 10.0. The molecule has 0 aliphatic heterocycles. The molecule has 0 spiro atoms. The molecule has 0 bridgehead atoms. The number of nitrogens with zero attached hydrogens (tertiary/aromatic N) is 2. The lowest BCUT2D eigenvalue weighted by atomic mass is 10.2. The minimum absolute atomic E-state index is 0.472. The Morgan fingerprint density at radius 1 is 1.19 bits per heavy atom. The average molecular weight is 375 g/mol. The fourth-order valence-corrected chi connectivity index (χ4v) is 3.21. The van der Waals surface area contributed by atoms with Gasteiger partial charge in [-0.15, -0.1) is 11.3 Å². The van der Waals surface area contributed by atoms with Crippen LogP contribution in [0, 0.1) is 6.92 Å². The molecule has 1 heterocycles. The van der Waals surface area contributed by atoms with Crippen molar-refractivity contribution in [3.8, 4) is 5.75 Å². The van der Waals surface area contributed by atoms with Gasteiger partial charge in [0.15, 0.2) is 5.96 Å². The van der Waals surface area contributed by atoms with Crippen LogP contribution in [-0.4, -0.2) is 31.1 Å². The Hall–Kier alpha value is -2.08. The highest BCUT2D eigenvalue weighted by Crippen LogP contribution is 2.17. The summed E-state index contributed by atoms with van der Waals surface area (Å²) in [4.78, 5) is 8.89. The van der Waals surface area contributed by atoms with Gasteiger partial charge in [-0.3, -0.25) is 4.99 Å². The molecule has 0 atom stereocenters. The van der Waals surface area contributed by atoms with Gasteiger partial charge < -0.3 is 15.4 Å². The second-order valence-corrected chi connectivity index (χ2v) is 7.48. The summed E-state index contributed by atoms with van der Waals surface area (Å²) in [6.45, 7) is 8.70. The largest absolute Gasteiger partial charge is 0.494 e. The predicted octanol–water partition coefficient (Wildman–Crippen LogP) is 4.10. The molecule has 0 radical (unpaired) electrons. The molecule has 0 fully saturated rings. The van der Waals surface area contributed by atoms with Crippen molar-refractivity contribution >= 4 is 17.3 Å². The highest BCUT2D eigenvalue weighted by molar-refractivity contribution is 7.09. The molecule has 1 aromatic heterocycles. The van der Waals surface area contributed by atoms with Gasteiger partial charge in [0.25, 0.3) is 0 Å². The van der Waals surface area contributed by atoms with Crippen molar-refractivity contribution in [3.05, 3.63) is 45.9 Å². The Morgan fingerprint density at radius 3 is 2.62 bits per heavy atom. The number of hydrogen-bond acceptors (Lipinski definition) is 4. The van der Waals surface area contributed by atoms with Crippen molar-refractivity contribution in [2.24, 2.45) is 4.99 Å². The Bertz CT molecular complexity index is 679. The number of hydrogen-bond donors (Lipinski definition) is 2. The van der Waals surface area contributed by atoms with E-state index in [2.05, 4.69) is 58.9 Å². The van der Waals surface area contributed by atoms with E-state index in [-0.39, 0.29) is 0 Å². The number of rotatable bonds is 9. The molecule has 0 saturated heterocycles. The minimum atomic E-state index is 0.472. The number of aromatic nitrogens is 1. The van der Waals surface area contributed by atoms with E-state index >= 15 is 0 Å². The first-order chi connectivity index (χ1) is 12.6. The minimum Gasteiger partial charge on any atom is -0.494 e. The molecule has 0 aliphatic carbocycles. The van der Waals surface area contributed by atoms with Crippen molar-refractivity contribution in [1.29, 1.82) is 0 Å². The van der Waals surface area contributed by atoms with Gasteiger partial charge in [0.05, 0.1) is 18.8 Å². The van der Waals surface area contributed by atoms with Crippen molar-refractivity contribution in [2.45, 2.75) is 46.1 Å². The summed E-state index contributed by atoms with van der Waals surface area (Å²) >= 11 is 1.69. The molecule has 2 aromatic rings. The Kier molecular flexibility index (Phi) is 8.41. The lowest BCUT2D eigenvalue weighted by Crippen LogP contribution is -2.37. The normalized spacial score (nSPS) is 11.7. The lowest BCUT2D eigenvalue weighted by molar-refractivity contribution is 0.307. The fraction of sp³-hybridized carbons (Fsp3) is 0.500. The van der Waals surface area contributed by atoms with E-state index in [1.54, 1.807) is 18.4 Å². The second-order valence-electron chi connectivity index (χ2n) is 6.54. The fourth-order valence-electron chi connectivity index (χ4n) is 2.31. The maximum Gasteiger partial charge on any atom is 0.191 e. The molecule has 0 aliphatic rings. The molecule has 5 nitrogen and oxygen atoms in total. The number of guanidine groups is 1. The van der Waals surface area contributed by atoms with E-state index in [1.165, 1.54) is 5.56 Å². The standard InChI is InChI=1S/C20H30N4OS/c1-15(2)18-14-26-19(24-18)13-23-20(21-4)22-11-5-6-12-25-17-9-7-16(3)8-10-17/h7-10,14-15H,5-6,11-13H2,1-4H3,(H2,21,22,23). The van der Waals surface area contributed by atoms with Crippen LogP contribution in [0.4, 0.5) is 0 Å². The summed E-state index contributed by atoms with van der Waals surface area (Å²) in [5, 5.41) is 9.87. The van der Waals surface area contributed by atoms with E-state index in [9.17, 15) is 0 Å². The van der Waals surface area contributed by atoms with Crippen molar-refractivity contribution < 1.29 is 4.74 Å². The Labute approximate surface area is 160 Å². The molecular weight excluding hydrogens is 344 g/mol. The summed E-state index contributed by atoms with van der Waals surface area (Å²) in [5.41, 5.74) is 2.40. The molecule has 26 heavy (non-hydrogen) atoms. The topological polar surface area (TPSA) is 58.5 Å². The molecular formula is C20H30N4OS. The molecule has 0 unspecified atom stereocenters. The van der Waals surface area contributed by atoms with Crippen LogP contribution in [0.25, 0.3) is 0 Å². The lowest BCUT2D eigenvalue weighted by Gasteiger charge is -2.11. The molecule has 142 valence electrons. The smallest absolute Gasteiger partial charge is 0.191 e. The van der Waals surface area contributed by atoms with E-state index in [0.717, 1.165) is 48.4 Å². The zero-order valence-corrected chi connectivity index (χ0v) is 17.0. The SMILES string of the molecule is CN=C(NCCCCOc1ccc(C)cc1)NCc1nc(C(C)C)cs1. The van der Waals surface area contributed by atoms with E-state index in [0.29, 0.717) is 12.5 Å². The maximum atomic E-state index is 5.74. The van der Waals surface area contributed by atoms with Crippen LogP contribution in [0.1, 0.15) is 48.9 Å². The van der Waals surface area contributed by atoms with Crippen molar-refractivity contribution in [1.82, 2.24) is 15.6 Å². The summed E-state index contributed by atoms with van der Waals surface area (Å²) < 4.78 is 5.74. The number of benzene rings is 1. The van der Waals surface area contributed by atoms with Gasteiger partial charge in [0, 0.05) is 19.0 Å². The maximum absolute atomic E-state index is 5.74. The van der Waals surface area contributed by atoms with Crippen molar-refractivity contribution in [3.63, 3.8) is 0 Å². The van der Waals surface area contributed by atoms with Gasteiger partial charge in [0.2, 0.25) is 0 Å². The number of thiazole rings is 1. The third kappa shape index (κ3) is 7.04. The van der Waals surface area contributed by atoms with Crippen LogP contribution in [0.2, 0.25) is 0 Å². The van der Waals surface area contributed by atoms with Crippen LogP contribution in [-0.2, 0) is 6.54 Å². The predicted molar refractivity (Wildman–Crippen MR) is 110 cm³/mol. The summed E-state index contributed by atoms with van der Waals surface area (Å²) in [5.74, 6) is 2.22. The molecule has 6 heteroatoms. The van der Waals surface area contributed by atoms with Gasteiger partial charge in [-0.1, -0.05) is 31.5 Å². The number of aliphatic imine (C=N–C) groups is 1. The van der Waals surface area contributed by atoms with E-state index in [4.69, 9.17) is 4.74 Å². The van der Waals surface area contributed by atoms with E-state index < -0.39 is 0 Å². The number of ether oxygens (including phenoxy) is 1. The summed E-state index contributed by atoms with van der Waals surface area (Å²) in [7, 11) is 1.79. The zero-order chi connectivity index (χ0) is 18.8. The molecule has 2 rings (SSSR count). The Morgan fingerprint density at radius 2 is 1.96 bits per heavy atom. The summed E-state index contributed by atoms with van der Waals surface area (Å²) in [6.07, 6.45) is 2.03. The van der Waals surface area contributed by atoms with Gasteiger partial charge in [0.1, 0.15) is 10.8 Å². The molecule has 1 aromatic carbocycles. The van der Waals surface area contributed by atoms with Crippen LogP contribution >= 0.6 is 11.3 Å². The van der Waals surface area contributed by atoms with Gasteiger partial charge in [-0.2, -0.15) is 0 Å². The van der Waals surface area contributed by atoms with Gasteiger partial charge in [-0.25, -0.2) is 4.98 Å². The number of unbranched alkanes of at least 4 members (excludes halogenated alkanes) is 1. The molecule has 2 N–H and O–H groups in total.